The number of urea groups is 1. The van der Waals surface area contributed by atoms with Gasteiger partial charge in [-0.15, -0.1) is 0 Å². The minimum atomic E-state index is -0.0590. The van der Waals surface area contributed by atoms with Crippen molar-refractivity contribution in [3.8, 4) is 0 Å². The van der Waals surface area contributed by atoms with Crippen molar-refractivity contribution in [3.05, 3.63) is 35.9 Å². The predicted molar refractivity (Wildman–Crippen MR) is 88.4 cm³/mol. The number of nitrogens with one attached hydrogen (secondary N) is 1. The number of amides is 2. The van der Waals surface area contributed by atoms with Crippen molar-refractivity contribution in [2.75, 3.05) is 20.6 Å². The highest BCUT2D eigenvalue weighted by molar-refractivity contribution is 5.74. The van der Waals surface area contributed by atoms with Crippen LogP contribution in [-0.4, -0.2) is 48.6 Å². The standard InChI is InChI=1S/C17H29N3O/c1-13(2)20(14(3)4)12-16(18-17(21)19(5)6)15-10-8-7-9-11-15/h7-11,13-14,16H,12H2,1-6H3,(H,18,21). The second-order valence-electron chi connectivity index (χ2n) is 6.19. The zero-order valence-corrected chi connectivity index (χ0v) is 14.1. The molecule has 0 bridgehead atoms. The van der Waals surface area contributed by atoms with Gasteiger partial charge < -0.3 is 10.2 Å². The van der Waals surface area contributed by atoms with Gasteiger partial charge in [0.1, 0.15) is 0 Å². The highest BCUT2D eigenvalue weighted by Crippen LogP contribution is 2.17. The smallest absolute Gasteiger partial charge is 0.317 e. The third kappa shape index (κ3) is 5.38. The molecule has 21 heavy (non-hydrogen) atoms. The number of nitrogens with zero attached hydrogens (tertiary/aromatic N) is 2. The maximum atomic E-state index is 12.0. The van der Waals surface area contributed by atoms with E-state index in [0.29, 0.717) is 12.1 Å². The predicted octanol–water partition coefficient (Wildman–Crippen LogP) is 3.12. The molecular formula is C17H29N3O. The monoisotopic (exact) mass is 291 g/mol. The normalized spacial score (nSPS) is 12.8. The van der Waals surface area contributed by atoms with Gasteiger partial charge in [-0.3, -0.25) is 4.90 Å². The lowest BCUT2D eigenvalue weighted by Gasteiger charge is -2.34. The van der Waals surface area contributed by atoms with Crippen LogP contribution in [0.25, 0.3) is 0 Å². The molecule has 0 aliphatic heterocycles. The molecule has 0 fully saturated rings. The van der Waals surface area contributed by atoms with E-state index in [1.165, 1.54) is 0 Å². The summed E-state index contributed by atoms with van der Waals surface area (Å²) in [6.07, 6.45) is 0. The Morgan fingerprint density at radius 3 is 2.00 bits per heavy atom. The highest BCUT2D eigenvalue weighted by Gasteiger charge is 2.22. The third-order valence-electron chi connectivity index (χ3n) is 3.63. The number of benzene rings is 1. The van der Waals surface area contributed by atoms with E-state index < -0.39 is 0 Å². The Bertz CT molecular complexity index is 421. The van der Waals surface area contributed by atoms with Crippen molar-refractivity contribution in [1.29, 1.82) is 0 Å². The molecule has 0 spiro atoms. The summed E-state index contributed by atoms with van der Waals surface area (Å²) in [5.41, 5.74) is 1.14. The molecule has 0 heterocycles. The van der Waals surface area contributed by atoms with Gasteiger partial charge in [0.25, 0.3) is 0 Å². The van der Waals surface area contributed by atoms with Crippen LogP contribution in [-0.2, 0) is 0 Å². The van der Waals surface area contributed by atoms with Gasteiger partial charge >= 0.3 is 6.03 Å². The van der Waals surface area contributed by atoms with Crippen LogP contribution >= 0.6 is 0 Å². The van der Waals surface area contributed by atoms with Crippen molar-refractivity contribution in [2.45, 2.75) is 45.8 Å². The van der Waals surface area contributed by atoms with Crippen LogP contribution < -0.4 is 5.32 Å². The van der Waals surface area contributed by atoms with Gasteiger partial charge in [0.2, 0.25) is 0 Å². The van der Waals surface area contributed by atoms with Crippen molar-refractivity contribution in [3.63, 3.8) is 0 Å². The number of hydrogen-bond donors (Lipinski definition) is 1. The van der Waals surface area contributed by atoms with E-state index in [2.05, 4.69) is 50.0 Å². The zero-order valence-electron chi connectivity index (χ0n) is 14.1. The lowest BCUT2D eigenvalue weighted by molar-refractivity contribution is 0.152. The molecule has 2 amide bonds. The van der Waals surface area contributed by atoms with Gasteiger partial charge in [0.15, 0.2) is 0 Å². The molecule has 1 unspecified atom stereocenters. The van der Waals surface area contributed by atoms with Gasteiger partial charge in [0, 0.05) is 32.7 Å². The summed E-state index contributed by atoms with van der Waals surface area (Å²) in [6.45, 7) is 9.57. The van der Waals surface area contributed by atoms with E-state index in [0.717, 1.165) is 12.1 Å². The van der Waals surface area contributed by atoms with Crippen LogP contribution in [0.1, 0.15) is 39.3 Å². The largest absolute Gasteiger partial charge is 0.331 e. The van der Waals surface area contributed by atoms with E-state index in [4.69, 9.17) is 0 Å². The molecule has 0 saturated heterocycles. The quantitative estimate of drug-likeness (QED) is 0.874. The Morgan fingerprint density at radius 1 is 1.05 bits per heavy atom. The van der Waals surface area contributed by atoms with E-state index in [1.807, 2.05) is 18.2 Å². The Hall–Kier alpha value is -1.55. The Balaban J connectivity index is 2.94. The van der Waals surface area contributed by atoms with Crippen LogP contribution in [0.5, 0.6) is 0 Å². The molecule has 4 nitrogen and oxygen atoms in total. The number of hydrogen-bond acceptors (Lipinski definition) is 2. The summed E-state index contributed by atoms with van der Waals surface area (Å²) in [6, 6.07) is 11.0. The van der Waals surface area contributed by atoms with E-state index >= 15 is 0 Å². The lowest BCUT2D eigenvalue weighted by Crippen LogP contribution is -2.46. The second kappa shape index (κ2) is 8.03. The van der Waals surface area contributed by atoms with Gasteiger partial charge in [-0.2, -0.15) is 0 Å². The Morgan fingerprint density at radius 2 is 1.57 bits per heavy atom. The summed E-state index contributed by atoms with van der Waals surface area (Å²) in [4.78, 5) is 16.0. The average Bonchev–Trinajstić information content (AvgIpc) is 2.42. The number of carbonyl (C=O) groups is 1. The van der Waals surface area contributed by atoms with Gasteiger partial charge in [-0.05, 0) is 33.3 Å². The fraction of sp³-hybridized carbons (Fsp3) is 0.588. The molecule has 1 atom stereocenters. The Kier molecular flexibility index (Phi) is 6.69. The second-order valence-corrected chi connectivity index (χ2v) is 6.19. The van der Waals surface area contributed by atoms with Crippen LogP contribution in [0.3, 0.4) is 0 Å². The first-order valence-corrected chi connectivity index (χ1v) is 7.61. The van der Waals surface area contributed by atoms with Crippen LogP contribution in [0.4, 0.5) is 4.79 Å². The van der Waals surface area contributed by atoms with E-state index in [-0.39, 0.29) is 12.1 Å². The fourth-order valence-electron chi connectivity index (χ4n) is 2.43. The minimum Gasteiger partial charge on any atom is -0.331 e. The molecule has 4 heteroatoms. The van der Waals surface area contributed by atoms with Gasteiger partial charge in [-0.1, -0.05) is 30.3 Å². The van der Waals surface area contributed by atoms with Crippen molar-refractivity contribution < 1.29 is 4.79 Å². The average molecular weight is 291 g/mol. The third-order valence-corrected chi connectivity index (χ3v) is 3.63. The van der Waals surface area contributed by atoms with Crippen molar-refractivity contribution in [1.82, 2.24) is 15.1 Å². The molecule has 1 rings (SSSR count). The zero-order chi connectivity index (χ0) is 16.0. The Labute approximate surface area is 129 Å². The lowest BCUT2D eigenvalue weighted by atomic mass is 10.0. The summed E-state index contributed by atoms with van der Waals surface area (Å²) in [5.74, 6) is 0. The van der Waals surface area contributed by atoms with E-state index in [9.17, 15) is 4.79 Å². The molecule has 0 aliphatic carbocycles. The van der Waals surface area contributed by atoms with Gasteiger partial charge in [0.05, 0.1) is 6.04 Å². The molecule has 1 aromatic carbocycles. The molecular weight excluding hydrogens is 262 g/mol. The minimum absolute atomic E-state index is 0.00843. The first-order valence-electron chi connectivity index (χ1n) is 7.61. The summed E-state index contributed by atoms with van der Waals surface area (Å²) in [5, 5.41) is 3.12. The molecule has 0 radical (unpaired) electrons. The van der Waals surface area contributed by atoms with Crippen LogP contribution in [0.2, 0.25) is 0 Å². The molecule has 0 aliphatic rings. The first-order chi connectivity index (χ1) is 9.82. The molecule has 0 saturated carbocycles. The fourth-order valence-corrected chi connectivity index (χ4v) is 2.43. The topological polar surface area (TPSA) is 35.6 Å². The maximum absolute atomic E-state index is 12.0. The van der Waals surface area contributed by atoms with Crippen LogP contribution in [0, 0.1) is 0 Å². The molecule has 0 aromatic heterocycles. The first kappa shape index (κ1) is 17.5. The number of carbonyl (C=O) groups excluding carboxylic acids is 1. The number of rotatable bonds is 6. The van der Waals surface area contributed by atoms with Crippen LogP contribution in [0.15, 0.2) is 30.3 Å². The summed E-state index contributed by atoms with van der Waals surface area (Å²) in [7, 11) is 3.53. The van der Waals surface area contributed by atoms with E-state index in [1.54, 1.807) is 19.0 Å². The van der Waals surface area contributed by atoms with Gasteiger partial charge in [-0.25, -0.2) is 4.79 Å². The highest BCUT2D eigenvalue weighted by atomic mass is 16.2. The maximum Gasteiger partial charge on any atom is 0.317 e. The van der Waals surface area contributed by atoms with Crippen molar-refractivity contribution in [2.24, 2.45) is 0 Å². The summed E-state index contributed by atoms with van der Waals surface area (Å²) >= 11 is 0. The molecule has 1 aromatic rings. The molecule has 1 N–H and O–H groups in total. The van der Waals surface area contributed by atoms with Crippen molar-refractivity contribution >= 4 is 6.03 Å². The molecule has 118 valence electrons. The SMILES string of the molecule is CC(C)N(CC(NC(=O)N(C)C)c1ccccc1)C(C)C. The summed E-state index contributed by atoms with van der Waals surface area (Å²) < 4.78 is 0.